The van der Waals surface area contributed by atoms with Gasteiger partial charge in [0, 0.05) is 10.5 Å². The molecule has 5 nitrogen and oxygen atoms in total. The van der Waals surface area contributed by atoms with Crippen LogP contribution in [0.2, 0.25) is 0 Å². The second-order valence-corrected chi connectivity index (χ2v) is 6.41. The molecule has 0 saturated carbocycles. The van der Waals surface area contributed by atoms with E-state index in [2.05, 4.69) is 46.7 Å². The van der Waals surface area contributed by atoms with Gasteiger partial charge in [-0.1, -0.05) is 42.4 Å². The largest absolute Gasteiger partial charge is 0.407 e. The maximum absolute atomic E-state index is 12.3. The SMILES string of the molecule is CCc1ccc(Cc2nnc(NC(=O)c3cccc(SC)c3)o2)cc1. The fourth-order valence-electron chi connectivity index (χ4n) is 2.38. The van der Waals surface area contributed by atoms with E-state index in [-0.39, 0.29) is 11.9 Å². The van der Waals surface area contributed by atoms with Crippen molar-refractivity contribution in [3.05, 3.63) is 71.1 Å². The number of nitrogens with zero attached hydrogens (tertiary/aromatic N) is 2. The molecule has 1 aromatic heterocycles. The molecule has 1 N–H and O–H groups in total. The fourth-order valence-corrected chi connectivity index (χ4v) is 2.84. The Bertz CT molecular complexity index is 859. The number of carbonyl (C=O) groups excluding carboxylic acids is 1. The zero-order valence-electron chi connectivity index (χ0n) is 14.2. The zero-order valence-corrected chi connectivity index (χ0v) is 15.0. The van der Waals surface area contributed by atoms with Crippen molar-refractivity contribution in [1.82, 2.24) is 10.2 Å². The molecule has 6 heteroatoms. The number of thioether (sulfide) groups is 1. The maximum Gasteiger partial charge on any atom is 0.322 e. The monoisotopic (exact) mass is 353 g/mol. The standard InChI is InChI=1S/C19H19N3O2S/c1-3-13-7-9-14(10-8-13)11-17-21-22-19(24-17)20-18(23)15-5-4-6-16(12-15)25-2/h4-10,12H,3,11H2,1-2H3,(H,20,22,23). The number of benzene rings is 2. The van der Waals surface area contributed by atoms with Crippen LogP contribution in [0.1, 0.15) is 34.3 Å². The number of anilines is 1. The molecule has 25 heavy (non-hydrogen) atoms. The van der Waals surface area contributed by atoms with Gasteiger partial charge < -0.3 is 4.42 Å². The lowest BCUT2D eigenvalue weighted by molar-refractivity contribution is 0.102. The molecule has 3 aromatic rings. The summed E-state index contributed by atoms with van der Waals surface area (Å²) >= 11 is 1.58. The molecule has 1 amide bonds. The Balaban J connectivity index is 1.65. The summed E-state index contributed by atoms with van der Waals surface area (Å²) in [5.74, 6) is 0.204. The van der Waals surface area contributed by atoms with Crippen LogP contribution in [0, 0.1) is 0 Å². The van der Waals surface area contributed by atoms with Gasteiger partial charge in [-0.25, -0.2) is 0 Å². The first kappa shape index (κ1) is 17.2. The van der Waals surface area contributed by atoms with E-state index in [0.29, 0.717) is 17.9 Å². The molecule has 2 aromatic carbocycles. The summed E-state index contributed by atoms with van der Waals surface area (Å²) in [7, 11) is 0. The van der Waals surface area contributed by atoms with Crippen LogP contribution >= 0.6 is 11.8 Å². The van der Waals surface area contributed by atoms with Crippen LogP contribution in [0.4, 0.5) is 6.01 Å². The van der Waals surface area contributed by atoms with E-state index >= 15 is 0 Å². The molecule has 0 fully saturated rings. The topological polar surface area (TPSA) is 68.0 Å². The molecule has 0 atom stereocenters. The molecule has 0 aliphatic carbocycles. The minimum Gasteiger partial charge on any atom is -0.407 e. The number of hydrogen-bond donors (Lipinski definition) is 1. The van der Waals surface area contributed by atoms with Crippen molar-refractivity contribution in [3.63, 3.8) is 0 Å². The molecular formula is C19H19N3O2S. The van der Waals surface area contributed by atoms with Gasteiger partial charge in [0.25, 0.3) is 5.91 Å². The minimum atomic E-state index is -0.265. The summed E-state index contributed by atoms with van der Waals surface area (Å²) in [6.45, 7) is 2.12. The van der Waals surface area contributed by atoms with Crippen molar-refractivity contribution in [2.45, 2.75) is 24.7 Å². The molecule has 0 aliphatic rings. The second-order valence-electron chi connectivity index (χ2n) is 5.53. The average molecular weight is 353 g/mol. The van der Waals surface area contributed by atoms with Crippen LogP contribution in [0.3, 0.4) is 0 Å². The third-order valence-electron chi connectivity index (χ3n) is 3.81. The lowest BCUT2D eigenvalue weighted by Crippen LogP contribution is -2.12. The Hall–Kier alpha value is -2.60. The number of amides is 1. The molecule has 0 aliphatic heterocycles. The summed E-state index contributed by atoms with van der Waals surface area (Å²) in [6, 6.07) is 15.8. The quantitative estimate of drug-likeness (QED) is 0.673. The number of nitrogens with one attached hydrogen (secondary N) is 1. The van der Waals surface area contributed by atoms with E-state index in [1.54, 1.807) is 17.8 Å². The van der Waals surface area contributed by atoms with Crippen LogP contribution in [0.25, 0.3) is 0 Å². The number of aromatic nitrogens is 2. The smallest absolute Gasteiger partial charge is 0.322 e. The molecule has 1 heterocycles. The van der Waals surface area contributed by atoms with Crippen LogP contribution in [-0.4, -0.2) is 22.4 Å². The molecular weight excluding hydrogens is 334 g/mol. The van der Waals surface area contributed by atoms with Gasteiger partial charge in [-0.3, -0.25) is 10.1 Å². The summed E-state index contributed by atoms with van der Waals surface area (Å²) < 4.78 is 5.53. The summed E-state index contributed by atoms with van der Waals surface area (Å²) in [4.78, 5) is 13.3. The van der Waals surface area contributed by atoms with Crippen LogP contribution in [-0.2, 0) is 12.8 Å². The van der Waals surface area contributed by atoms with Crippen molar-refractivity contribution in [3.8, 4) is 0 Å². The predicted octanol–water partition coefficient (Wildman–Crippen LogP) is 4.20. The van der Waals surface area contributed by atoms with Gasteiger partial charge in [0.2, 0.25) is 5.89 Å². The highest BCUT2D eigenvalue weighted by atomic mass is 32.2. The minimum absolute atomic E-state index is 0.111. The van der Waals surface area contributed by atoms with Crippen LogP contribution in [0.5, 0.6) is 0 Å². The van der Waals surface area contributed by atoms with Crippen molar-refractivity contribution >= 4 is 23.7 Å². The predicted molar refractivity (Wildman–Crippen MR) is 99.1 cm³/mol. The zero-order chi connectivity index (χ0) is 17.6. The molecule has 3 rings (SSSR count). The maximum atomic E-state index is 12.3. The normalized spacial score (nSPS) is 10.6. The fraction of sp³-hybridized carbons (Fsp3) is 0.211. The molecule has 0 saturated heterocycles. The van der Waals surface area contributed by atoms with E-state index in [1.165, 1.54) is 5.56 Å². The third-order valence-corrected chi connectivity index (χ3v) is 4.53. The van der Waals surface area contributed by atoms with Gasteiger partial charge >= 0.3 is 6.01 Å². The lowest BCUT2D eigenvalue weighted by Gasteiger charge is -2.02. The first-order valence-corrected chi connectivity index (χ1v) is 9.26. The lowest BCUT2D eigenvalue weighted by atomic mass is 10.1. The molecule has 0 radical (unpaired) electrons. The Labute approximate surface area is 150 Å². The molecule has 128 valence electrons. The Morgan fingerprint density at radius 1 is 1.12 bits per heavy atom. The van der Waals surface area contributed by atoms with Crippen molar-refractivity contribution in [2.24, 2.45) is 0 Å². The van der Waals surface area contributed by atoms with E-state index < -0.39 is 0 Å². The second kappa shape index (κ2) is 7.98. The first-order valence-electron chi connectivity index (χ1n) is 8.03. The highest BCUT2D eigenvalue weighted by molar-refractivity contribution is 7.98. The van der Waals surface area contributed by atoms with Gasteiger partial charge in [-0.05, 0) is 42.0 Å². The number of carbonyl (C=O) groups is 1. The number of hydrogen-bond acceptors (Lipinski definition) is 5. The van der Waals surface area contributed by atoms with Gasteiger partial charge in [0.15, 0.2) is 0 Å². The first-order chi connectivity index (χ1) is 12.2. The van der Waals surface area contributed by atoms with Crippen molar-refractivity contribution in [1.29, 1.82) is 0 Å². The van der Waals surface area contributed by atoms with E-state index in [9.17, 15) is 4.79 Å². The third kappa shape index (κ3) is 4.48. The molecule has 0 spiro atoms. The van der Waals surface area contributed by atoms with Gasteiger partial charge in [0.1, 0.15) is 0 Å². The number of aryl methyl sites for hydroxylation is 1. The summed E-state index contributed by atoms with van der Waals surface area (Å²) in [6.07, 6.45) is 3.51. The van der Waals surface area contributed by atoms with E-state index in [4.69, 9.17) is 4.42 Å². The number of rotatable bonds is 6. The van der Waals surface area contributed by atoms with Crippen molar-refractivity contribution < 1.29 is 9.21 Å². The van der Waals surface area contributed by atoms with Gasteiger partial charge in [-0.2, -0.15) is 0 Å². The van der Waals surface area contributed by atoms with Crippen LogP contribution in [0.15, 0.2) is 57.8 Å². The van der Waals surface area contributed by atoms with E-state index in [0.717, 1.165) is 16.9 Å². The van der Waals surface area contributed by atoms with Crippen LogP contribution < -0.4 is 5.32 Å². The molecule has 0 unspecified atom stereocenters. The Kier molecular flexibility index (Phi) is 5.50. The highest BCUT2D eigenvalue weighted by Gasteiger charge is 2.12. The average Bonchev–Trinajstić information content (AvgIpc) is 3.09. The Morgan fingerprint density at radius 2 is 1.88 bits per heavy atom. The Morgan fingerprint density at radius 3 is 2.60 bits per heavy atom. The highest BCUT2D eigenvalue weighted by Crippen LogP contribution is 2.17. The van der Waals surface area contributed by atoms with Gasteiger partial charge in [-0.15, -0.1) is 16.9 Å². The van der Waals surface area contributed by atoms with Crippen molar-refractivity contribution in [2.75, 3.05) is 11.6 Å². The summed E-state index contributed by atoms with van der Waals surface area (Å²) in [5.41, 5.74) is 2.93. The molecule has 0 bridgehead atoms. The van der Waals surface area contributed by atoms with E-state index in [1.807, 2.05) is 24.5 Å². The van der Waals surface area contributed by atoms with Gasteiger partial charge in [0.05, 0.1) is 6.42 Å². The summed E-state index contributed by atoms with van der Waals surface area (Å²) in [5, 5.41) is 10.5.